The van der Waals surface area contributed by atoms with Gasteiger partial charge in [-0.3, -0.25) is 4.79 Å². The van der Waals surface area contributed by atoms with Gasteiger partial charge in [0.2, 0.25) is 0 Å². The Labute approximate surface area is 206 Å². The predicted molar refractivity (Wildman–Crippen MR) is 139 cm³/mol. The minimum atomic E-state index is -1.03. The number of hydrogen-bond donors (Lipinski definition) is 0. The van der Waals surface area contributed by atoms with E-state index in [1.807, 2.05) is 6.92 Å². The van der Waals surface area contributed by atoms with Crippen molar-refractivity contribution < 1.29 is 9.53 Å². The van der Waals surface area contributed by atoms with Crippen LogP contribution in [0.5, 0.6) is 0 Å². The van der Waals surface area contributed by atoms with Gasteiger partial charge < -0.3 is 4.74 Å². The van der Waals surface area contributed by atoms with Gasteiger partial charge >= 0.3 is 5.97 Å². The van der Waals surface area contributed by atoms with Crippen molar-refractivity contribution in [3.8, 4) is 17.2 Å². The van der Waals surface area contributed by atoms with Gasteiger partial charge in [-0.05, 0) is 80.0 Å². The van der Waals surface area contributed by atoms with E-state index < -0.39 is 5.41 Å². The molecule has 1 fully saturated rings. The third-order valence-corrected chi connectivity index (χ3v) is 7.59. The van der Waals surface area contributed by atoms with E-state index in [1.54, 1.807) is 6.92 Å². The number of esters is 1. The summed E-state index contributed by atoms with van der Waals surface area (Å²) in [4.78, 5) is 12.4. The first-order valence-corrected chi connectivity index (χ1v) is 13.3. The summed E-state index contributed by atoms with van der Waals surface area (Å²) < 4.78 is 5.69. The van der Waals surface area contributed by atoms with Gasteiger partial charge in [-0.2, -0.15) is 5.26 Å². The summed E-state index contributed by atoms with van der Waals surface area (Å²) in [6, 6.07) is 20.2. The van der Waals surface area contributed by atoms with Gasteiger partial charge in [0.25, 0.3) is 0 Å². The smallest absolute Gasteiger partial charge is 0.326 e. The Balaban J connectivity index is 1.49. The van der Waals surface area contributed by atoms with Crippen LogP contribution < -0.4 is 0 Å². The molecular weight excluding hydrogens is 418 g/mol. The van der Waals surface area contributed by atoms with Crippen LogP contribution in [0.1, 0.15) is 102 Å². The van der Waals surface area contributed by atoms with E-state index in [-0.39, 0.29) is 12.1 Å². The first-order valence-electron chi connectivity index (χ1n) is 13.3. The second-order valence-electron chi connectivity index (χ2n) is 10.2. The van der Waals surface area contributed by atoms with Gasteiger partial charge in [0.15, 0.2) is 5.41 Å². The third kappa shape index (κ3) is 6.95. The fourth-order valence-corrected chi connectivity index (χ4v) is 4.81. The molecular formula is C31H41NO2. The second kappa shape index (κ2) is 12.7. The molecule has 3 heteroatoms. The summed E-state index contributed by atoms with van der Waals surface area (Å²) in [6.45, 7) is 5.79. The van der Waals surface area contributed by atoms with Crippen LogP contribution in [-0.4, -0.2) is 12.1 Å². The molecule has 1 saturated carbocycles. The summed E-state index contributed by atoms with van der Waals surface area (Å²) in [5, 5.41) is 9.30. The van der Waals surface area contributed by atoms with Crippen LogP contribution >= 0.6 is 0 Å². The Morgan fingerprint density at radius 2 is 1.50 bits per heavy atom. The molecule has 0 heterocycles. The molecule has 0 saturated heterocycles. The molecule has 2 aromatic carbocycles. The lowest BCUT2D eigenvalue weighted by Gasteiger charge is -2.30. The van der Waals surface area contributed by atoms with Crippen molar-refractivity contribution in [3.63, 3.8) is 0 Å². The van der Waals surface area contributed by atoms with Crippen LogP contribution in [0.4, 0.5) is 0 Å². The highest BCUT2D eigenvalue weighted by Crippen LogP contribution is 2.36. The Hall–Kier alpha value is -2.60. The van der Waals surface area contributed by atoms with Crippen molar-refractivity contribution in [1.82, 2.24) is 0 Å². The van der Waals surface area contributed by atoms with E-state index in [4.69, 9.17) is 4.74 Å². The highest BCUT2D eigenvalue weighted by Gasteiger charge is 2.35. The van der Waals surface area contributed by atoms with Crippen molar-refractivity contribution in [3.05, 3.63) is 59.7 Å². The van der Waals surface area contributed by atoms with Gasteiger partial charge in [0, 0.05) is 0 Å². The molecule has 3 nitrogen and oxygen atoms in total. The van der Waals surface area contributed by atoms with E-state index in [9.17, 15) is 10.1 Å². The van der Waals surface area contributed by atoms with Crippen molar-refractivity contribution in [2.24, 2.45) is 5.41 Å². The number of benzene rings is 2. The number of hydrogen-bond acceptors (Lipinski definition) is 3. The highest BCUT2D eigenvalue weighted by atomic mass is 16.5. The summed E-state index contributed by atoms with van der Waals surface area (Å²) in [5.41, 5.74) is 4.31. The Morgan fingerprint density at radius 3 is 2.06 bits per heavy atom. The molecule has 0 spiro atoms. The van der Waals surface area contributed by atoms with E-state index in [1.165, 1.54) is 60.8 Å². The molecule has 0 radical (unpaired) electrons. The van der Waals surface area contributed by atoms with Gasteiger partial charge in [-0.15, -0.1) is 0 Å². The number of nitrogens with zero attached hydrogens (tertiary/aromatic N) is 1. The molecule has 3 rings (SSSR count). The normalized spacial score (nSPS) is 19.7. The van der Waals surface area contributed by atoms with Gasteiger partial charge in [-0.25, -0.2) is 0 Å². The van der Waals surface area contributed by atoms with Gasteiger partial charge in [0.1, 0.15) is 6.10 Å². The number of aryl methyl sites for hydroxylation is 1. The largest absolute Gasteiger partial charge is 0.461 e. The van der Waals surface area contributed by atoms with E-state index in [0.29, 0.717) is 12.3 Å². The summed E-state index contributed by atoms with van der Waals surface area (Å²) >= 11 is 0. The maximum absolute atomic E-state index is 12.4. The average molecular weight is 460 g/mol. The van der Waals surface area contributed by atoms with Crippen molar-refractivity contribution in [1.29, 1.82) is 5.26 Å². The highest BCUT2D eigenvalue weighted by molar-refractivity contribution is 5.79. The van der Waals surface area contributed by atoms with Crippen LogP contribution in [0.2, 0.25) is 0 Å². The number of ether oxygens (including phenoxy) is 1. The molecule has 34 heavy (non-hydrogen) atoms. The lowest BCUT2D eigenvalue weighted by atomic mass is 9.82. The maximum atomic E-state index is 12.4. The number of carbonyl (C=O) groups excluding carboxylic acids is 1. The molecule has 1 unspecified atom stereocenters. The van der Waals surface area contributed by atoms with Crippen LogP contribution in [0.15, 0.2) is 48.5 Å². The standard InChI is InChI=1S/C31H41NO2/c1-4-6-7-8-9-10-24-11-13-25(14-12-24)26-15-17-27(18-16-26)28-19-21-29(22-20-28)34-30(33)31(3,5-2)23-32/h11-18,28-29H,4-10,19-22H2,1-3H3. The molecule has 0 bridgehead atoms. The van der Waals surface area contributed by atoms with E-state index in [2.05, 4.69) is 61.5 Å². The van der Waals surface area contributed by atoms with Crippen LogP contribution in [0, 0.1) is 16.7 Å². The molecule has 1 aliphatic rings. The topological polar surface area (TPSA) is 50.1 Å². The predicted octanol–water partition coefficient (Wildman–Crippen LogP) is 8.38. The molecule has 0 amide bonds. The van der Waals surface area contributed by atoms with Crippen LogP contribution in [0.25, 0.3) is 11.1 Å². The third-order valence-electron chi connectivity index (χ3n) is 7.59. The molecule has 0 aliphatic heterocycles. The van der Waals surface area contributed by atoms with Crippen molar-refractivity contribution in [2.75, 3.05) is 0 Å². The lowest BCUT2D eigenvalue weighted by Crippen LogP contribution is -2.33. The molecule has 0 N–H and O–H groups in total. The zero-order chi connectivity index (χ0) is 24.4. The fourth-order valence-electron chi connectivity index (χ4n) is 4.81. The molecule has 182 valence electrons. The van der Waals surface area contributed by atoms with Gasteiger partial charge in [-0.1, -0.05) is 88.1 Å². The van der Waals surface area contributed by atoms with Crippen LogP contribution in [0.3, 0.4) is 0 Å². The number of rotatable bonds is 11. The quantitative estimate of drug-likeness (QED) is 0.250. The number of nitriles is 1. The van der Waals surface area contributed by atoms with Crippen molar-refractivity contribution >= 4 is 5.97 Å². The first kappa shape index (κ1) is 26.0. The second-order valence-corrected chi connectivity index (χ2v) is 10.2. The van der Waals surface area contributed by atoms with E-state index >= 15 is 0 Å². The Kier molecular flexibility index (Phi) is 9.75. The summed E-state index contributed by atoms with van der Waals surface area (Å²) in [7, 11) is 0. The summed E-state index contributed by atoms with van der Waals surface area (Å²) in [5.74, 6) is 0.139. The first-order chi connectivity index (χ1) is 16.5. The maximum Gasteiger partial charge on any atom is 0.326 e. The average Bonchev–Trinajstić information content (AvgIpc) is 2.89. The van der Waals surface area contributed by atoms with Crippen molar-refractivity contribution in [2.45, 2.75) is 103 Å². The minimum Gasteiger partial charge on any atom is -0.461 e. The van der Waals surface area contributed by atoms with Gasteiger partial charge in [0.05, 0.1) is 6.07 Å². The SMILES string of the molecule is CCCCCCCc1ccc(-c2ccc(C3CCC(OC(=O)C(C)(C#N)CC)CC3)cc2)cc1. The molecule has 1 aliphatic carbocycles. The molecule has 0 aromatic heterocycles. The summed E-state index contributed by atoms with van der Waals surface area (Å²) in [6.07, 6.45) is 12.0. The Bertz CT molecular complexity index is 933. The molecule has 1 atom stereocenters. The minimum absolute atomic E-state index is 0.0626. The fraction of sp³-hybridized carbons (Fsp3) is 0.548. The number of unbranched alkanes of at least 4 members (excludes halogenated alkanes) is 4. The number of carbonyl (C=O) groups is 1. The molecule has 2 aromatic rings. The zero-order valence-corrected chi connectivity index (χ0v) is 21.3. The Morgan fingerprint density at radius 1 is 0.912 bits per heavy atom. The monoisotopic (exact) mass is 459 g/mol. The zero-order valence-electron chi connectivity index (χ0n) is 21.3. The van der Waals surface area contributed by atoms with E-state index in [0.717, 1.165) is 25.7 Å². The van der Waals surface area contributed by atoms with Crippen LogP contribution in [-0.2, 0) is 16.0 Å². The lowest BCUT2D eigenvalue weighted by molar-refractivity contribution is -0.159.